The molecule has 1 saturated carbocycles. The van der Waals surface area contributed by atoms with Gasteiger partial charge in [-0.15, -0.1) is 0 Å². The van der Waals surface area contributed by atoms with E-state index in [0.717, 1.165) is 52.0 Å². The second-order valence-electron chi connectivity index (χ2n) is 7.85. The number of hydrogen-bond donors (Lipinski definition) is 1. The number of nitrogens with zero attached hydrogens (tertiary/aromatic N) is 1. The molecular weight excluding hydrogens is 280 g/mol. The number of amides is 1. The van der Waals surface area contributed by atoms with Crippen molar-refractivity contribution in [3.05, 3.63) is 0 Å². The average molecular weight is 310 g/mol. The van der Waals surface area contributed by atoms with Crippen LogP contribution >= 0.6 is 0 Å². The summed E-state index contributed by atoms with van der Waals surface area (Å²) in [4.78, 5) is 15.2. The van der Waals surface area contributed by atoms with Crippen LogP contribution in [0.2, 0.25) is 0 Å². The van der Waals surface area contributed by atoms with E-state index >= 15 is 0 Å². The van der Waals surface area contributed by atoms with Gasteiger partial charge in [-0.05, 0) is 31.6 Å². The lowest BCUT2D eigenvalue weighted by Crippen LogP contribution is -2.82. The molecule has 0 aromatic rings. The van der Waals surface area contributed by atoms with Crippen LogP contribution in [0.15, 0.2) is 0 Å². The Morgan fingerprint density at radius 1 is 1.36 bits per heavy atom. The van der Waals surface area contributed by atoms with E-state index in [9.17, 15) is 4.79 Å². The van der Waals surface area contributed by atoms with Crippen molar-refractivity contribution in [3.8, 4) is 0 Å². The highest BCUT2D eigenvalue weighted by Crippen LogP contribution is 2.58. The van der Waals surface area contributed by atoms with E-state index in [1.165, 1.54) is 0 Å². The normalized spacial score (nSPS) is 40.7. The van der Waals surface area contributed by atoms with Crippen LogP contribution in [0, 0.1) is 17.3 Å². The Balaban J connectivity index is 1.75. The number of piperidine rings is 1. The van der Waals surface area contributed by atoms with E-state index in [0.29, 0.717) is 5.92 Å². The van der Waals surface area contributed by atoms with Crippen molar-refractivity contribution in [2.75, 3.05) is 33.4 Å². The molecule has 3 fully saturated rings. The molecule has 126 valence electrons. The Kier molecular flexibility index (Phi) is 4.25. The first-order valence-corrected chi connectivity index (χ1v) is 8.61. The largest absolute Gasteiger partial charge is 0.384 e. The van der Waals surface area contributed by atoms with Crippen LogP contribution in [0.5, 0.6) is 0 Å². The highest BCUT2D eigenvalue weighted by Gasteiger charge is 2.70. The van der Waals surface area contributed by atoms with E-state index in [1.54, 1.807) is 7.11 Å². The molecule has 2 N–H and O–H groups in total. The molecule has 0 aromatic carbocycles. The number of likely N-dealkylation sites (tertiary alicyclic amines) is 1. The van der Waals surface area contributed by atoms with Crippen LogP contribution in [0.25, 0.3) is 0 Å². The van der Waals surface area contributed by atoms with E-state index in [4.69, 9.17) is 15.2 Å². The van der Waals surface area contributed by atoms with E-state index in [2.05, 4.69) is 13.8 Å². The predicted molar refractivity (Wildman–Crippen MR) is 84.3 cm³/mol. The van der Waals surface area contributed by atoms with Gasteiger partial charge in [-0.1, -0.05) is 13.8 Å². The number of hydrogen-bond acceptors (Lipinski definition) is 4. The number of nitrogens with two attached hydrogens (primary N) is 1. The van der Waals surface area contributed by atoms with Gasteiger partial charge in [-0.25, -0.2) is 0 Å². The third-order valence-corrected chi connectivity index (χ3v) is 6.25. The molecule has 5 heteroatoms. The maximum atomic E-state index is 13.2. The zero-order valence-electron chi connectivity index (χ0n) is 14.1. The van der Waals surface area contributed by atoms with Crippen molar-refractivity contribution in [1.29, 1.82) is 0 Å². The van der Waals surface area contributed by atoms with Gasteiger partial charge in [0.25, 0.3) is 0 Å². The zero-order valence-corrected chi connectivity index (χ0v) is 14.1. The molecule has 3 aliphatic rings. The maximum Gasteiger partial charge on any atom is 0.243 e. The Morgan fingerprint density at radius 3 is 2.86 bits per heavy atom. The average Bonchev–Trinajstić information content (AvgIpc) is 2.54. The Hall–Kier alpha value is -0.650. The van der Waals surface area contributed by atoms with Gasteiger partial charge in [0.2, 0.25) is 5.91 Å². The molecular formula is C17H30N2O3. The molecule has 1 aliphatic carbocycles. The lowest BCUT2D eigenvalue weighted by Gasteiger charge is -2.66. The summed E-state index contributed by atoms with van der Waals surface area (Å²) in [6.45, 7) is 7.31. The molecule has 3 rings (SSSR count). The third-order valence-electron chi connectivity index (χ3n) is 6.25. The topological polar surface area (TPSA) is 64.8 Å². The Labute approximate surface area is 133 Å². The summed E-state index contributed by atoms with van der Waals surface area (Å²) < 4.78 is 11.2. The summed E-state index contributed by atoms with van der Waals surface area (Å²) in [6, 6.07) is 0. The number of carbonyl (C=O) groups is 1. The van der Waals surface area contributed by atoms with Gasteiger partial charge in [0.15, 0.2) is 0 Å². The van der Waals surface area contributed by atoms with Crippen LogP contribution in [-0.4, -0.2) is 55.9 Å². The SMILES string of the molecule is COCC1CCCN(C(=O)C2(N)C3CCCOC3C2(C)C)C1. The van der Waals surface area contributed by atoms with E-state index in [1.807, 2.05) is 4.90 Å². The van der Waals surface area contributed by atoms with Crippen LogP contribution in [-0.2, 0) is 14.3 Å². The summed E-state index contributed by atoms with van der Waals surface area (Å²) in [5, 5.41) is 0. The van der Waals surface area contributed by atoms with Gasteiger partial charge >= 0.3 is 0 Å². The second kappa shape index (κ2) is 5.77. The number of ether oxygens (including phenoxy) is 2. The van der Waals surface area contributed by atoms with Gasteiger partial charge in [0.05, 0.1) is 12.7 Å². The molecule has 5 nitrogen and oxygen atoms in total. The summed E-state index contributed by atoms with van der Waals surface area (Å²) in [5.41, 5.74) is 5.67. The summed E-state index contributed by atoms with van der Waals surface area (Å²) in [5.74, 6) is 0.740. The fraction of sp³-hybridized carbons (Fsp3) is 0.941. The Morgan fingerprint density at radius 2 is 2.14 bits per heavy atom. The highest BCUT2D eigenvalue weighted by atomic mass is 16.5. The van der Waals surface area contributed by atoms with Gasteiger partial charge in [-0.3, -0.25) is 4.79 Å². The van der Waals surface area contributed by atoms with Crippen molar-refractivity contribution in [3.63, 3.8) is 0 Å². The minimum absolute atomic E-state index is 0.130. The monoisotopic (exact) mass is 310 g/mol. The van der Waals surface area contributed by atoms with Gasteiger partial charge in [-0.2, -0.15) is 0 Å². The van der Waals surface area contributed by atoms with Crippen molar-refractivity contribution >= 4 is 5.91 Å². The third kappa shape index (κ3) is 2.21. The lowest BCUT2D eigenvalue weighted by atomic mass is 9.46. The fourth-order valence-electron chi connectivity index (χ4n) is 4.89. The van der Waals surface area contributed by atoms with Crippen LogP contribution in [0.1, 0.15) is 39.5 Å². The smallest absolute Gasteiger partial charge is 0.243 e. The summed E-state index contributed by atoms with van der Waals surface area (Å²) in [6.07, 6.45) is 4.32. The first kappa shape index (κ1) is 16.2. The molecule has 1 amide bonds. The molecule has 0 aromatic heterocycles. The fourth-order valence-corrected chi connectivity index (χ4v) is 4.89. The quantitative estimate of drug-likeness (QED) is 0.856. The van der Waals surface area contributed by atoms with Crippen molar-refractivity contribution < 1.29 is 14.3 Å². The van der Waals surface area contributed by atoms with Crippen LogP contribution in [0.3, 0.4) is 0 Å². The zero-order chi connectivity index (χ0) is 16.0. The summed E-state index contributed by atoms with van der Waals surface area (Å²) >= 11 is 0. The lowest BCUT2D eigenvalue weighted by molar-refractivity contribution is -0.230. The van der Waals surface area contributed by atoms with E-state index in [-0.39, 0.29) is 23.3 Å². The molecule has 0 radical (unpaired) electrons. The molecule has 4 atom stereocenters. The second-order valence-corrected chi connectivity index (χ2v) is 7.85. The minimum Gasteiger partial charge on any atom is -0.384 e. The maximum absolute atomic E-state index is 13.2. The summed E-state index contributed by atoms with van der Waals surface area (Å²) in [7, 11) is 1.73. The number of methoxy groups -OCH3 is 1. The van der Waals surface area contributed by atoms with Crippen molar-refractivity contribution in [2.45, 2.75) is 51.2 Å². The molecule has 4 unspecified atom stereocenters. The van der Waals surface area contributed by atoms with Gasteiger partial charge < -0.3 is 20.1 Å². The number of carbonyl (C=O) groups excluding carboxylic acids is 1. The minimum atomic E-state index is -0.771. The predicted octanol–water partition coefficient (Wildman–Crippen LogP) is 1.40. The van der Waals surface area contributed by atoms with Gasteiger partial charge in [0.1, 0.15) is 5.54 Å². The standard InChI is InChI=1S/C17H30N2O3/c1-16(2)14-13(7-5-9-22-14)17(16,18)15(20)19-8-4-6-12(10-19)11-21-3/h12-14H,4-11,18H2,1-3H3. The molecule has 2 aliphatic heterocycles. The first-order chi connectivity index (χ1) is 10.4. The molecule has 2 heterocycles. The van der Waals surface area contributed by atoms with E-state index < -0.39 is 5.54 Å². The van der Waals surface area contributed by atoms with Gasteiger partial charge in [0, 0.05) is 38.1 Å². The van der Waals surface area contributed by atoms with Crippen LogP contribution < -0.4 is 5.73 Å². The highest BCUT2D eigenvalue weighted by molar-refractivity contribution is 5.89. The van der Waals surface area contributed by atoms with Crippen LogP contribution in [0.4, 0.5) is 0 Å². The molecule has 0 spiro atoms. The first-order valence-electron chi connectivity index (χ1n) is 8.61. The van der Waals surface area contributed by atoms with Crippen molar-refractivity contribution in [1.82, 2.24) is 4.90 Å². The molecule has 0 bridgehead atoms. The Bertz CT molecular complexity index is 438. The number of rotatable bonds is 3. The molecule has 2 saturated heterocycles. The number of fused-ring (bicyclic) bond motifs is 1. The van der Waals surface area contributed by atoms with Crippen molar-refractivity contribution in [2.24, 2.45) is 23.0 Å². The molecule has 22 heavy (non-hydrogen) atoms.